The second-order valence-electron chi connectivity index (χ2n) is 6.02. The van der Waals surface area contributed by atoms with Crippen LogP contribution in [0.3, 0.4) is 0 Å². The molecule has 5 heteroatoms. The molecule has 5 rings (SSSR count). The Morgan fingerprint density at radius 2 is 1.82 bits per heavy atom. The van der Waals surface area contributed by atoms with Crippen LogP contribution in [0.5, 0.6) is 0 Å². The Kier molecular flexibility index (Phi) is 3.24. The van der Waals surface area contributed by atoms with Crippen molar-refractivity contribution in [2.24, 2.45) is 0 Å². The third kappa shape index (κ3) is 2.13. The molecule has 2 bridgehead atoms. The van der Waals surface area contributed by atoms with Gasteiger partial charge in [-0.1, -0.05) is 17.7 Å². The van der Waals surface area contributed by atoms with Crippen LogP contribution in [0.4, 0.5) is 11.5 Å². The maximum atomic E-state index is 9.35. The van der Waals surface area contributed by atoms with Gasteiger partial charge in [-0.15, -0.1) is 10.2 Å². The predicted molar refractivity (Wildman–Crippen MR) is 85.4 cm³/mol. The van der Waals surface area contributed by atoms with Crippen LogP contribution in [0.25, 0.3) is 0 Å². The summed E-state index contributed by atoms with van der Waals surface area (Å²) in [6, 6.07) is 9.79. The van der Waals surface area contributed by atoms with E-state index in [1.807, 2.05) is 24.3 Å². The molecule has 1 heterocycles. The molecule has 0 amide bonds. The van der Waals surface area contributed by atoms with Crippen LogP contribution in [0, 0.1) is 11.3 Å². The van der Waals surface area contributed by atoms with Gasteiger partial charge in [-0.2, -0.15) is 5.26 Å². The molecular weight excluding hydrogens is 296 g/mol. The number of halogens is 1. The smallest absolute Gasteiger partial charge is 0.167 e. The molecule has 1 aromatic carbocycles. The predicted octanol–water partition coefficient (Wildman–Crippen LogP) is 4.50. The molecule has 0 unspecified atom stereocenters. The number of hydrogen-bond acceptors (Lipinski definition) is 4. The molecular formula is C17H15ClN4. The van der Waals surface area contributed by atoms with Crippen molar-refractivity contribution < 1.29 is 0 Å². The maximum Gasteiger partial charge on any atom is 0.167 e. The van der Waals surface area contributed by atoms with Gasteiger partial charge in [0.05, 0.1) is 0 Å². The number of nitrogens with one attached hydrogen (secondary N) is 1. The molecule has 4 nitrogen and oxygen atoms in total. The first-order valence-corrected chi connectivity index (χ1v) is 7.97. The highest BCUT2D eigenvalue weighted by atomic mass is 35.5. The van der Waals surface area contributed by atoms with Gasteiger partial charge in [0.1, 0.15) is 6.07 Å². The summed E-state index contributed by atoms with van der Waals surface area (Å²) in [5.74, 6) is 1.74. The molecule has 110 valence electrons. The van der Waals surface area contributed by atoms with Crippen LogP contribution >= 0.6 is 11.6 Å². The van der Waals surface area contributed by atoms with Gasteiger partial charge in [-0.25, -0.2) is 0 Å². The third-order valence-corrected chi connectivity index (χ3v) is 5.02. The Bertz CT molecular complexity index is 773. The molecule has 1 aromatic heterocycles. The van der Waals surface area contributed by atoms with Crippen molar-refractivity contribution in [2.75, 3.05) is 5.32 Å². The number of aromatic nitrogens is 2. The van der Waals surface area contributed by atoms with E-state index in [9.17, 15) is 5.26 Å². The van der Waals surface area contributed by atoms with Crippen LogP contribution in [-0.4, -0.2) is 10.2 Å². The van der Waals surface area contributed by atoms with E-state index in [2.05, 4.69) is 21.6 Å². The van der Waals surface area contributed by atoms with E-state index in [0.717, 1.165) is 29.9 Å². The summed E-state index contributed by atoms with van der Waals surface area (Å²) in [6.07, 6.45) is 4.68. The van der Waals surface area contributed by atoms with Gasteiger partial charge in [0, 0.05) is 21.8 Å². The van der Waals surface area contributed by atoms with Crippen molar-refractivity contribution in [3.8, 4) is 6.07 Å². The molecule has 1 saturated carbocycles. The van der Waals surface area contributed by atoms with Crippen molar-refractivity contribution >= 4 is 23.1 Å². The topological polar surface area (TPSA) is 61.6 Å². The summed E-state index contributed by atoms with van der Waals surface area (Å²) >= 11 is 6.05. The van der Waals surface area contributed by atoms with Gasteiger partial charge >= 0.3 is 0 Å². The van der Waals surface area contributed by atoms with E-state index in [1.165, 1.54) is 18.4 Å². The highest BCUT2D eigenvalue weighted by Gasteiger charge is 2.37. The molecule has 1 fully saturated rings. The second kappa shape index (κ2) is 5.26. The van der Waals surface area contributed by atoms with Crippen molar-refractivity contribution in [1.82, 2.24) is 10.2 Å². The standard InChI is InChI=1S/C17H15ClN4/c18-12-2-1-3-13(8-12)20-17-16-11-6-4-10(5-7-11)15(16)14(9-19)21-22-17/h1-3,8,10-11H,4-7H2,(H,20,22). The zero-order valence-corrected chi connectivity index (χ0v) is 12.8. The van der Waals surface area contributed by atoms with E-state index in [4.69, 9.17) is 11.6 Å². The van der Waals surface area contributed by atoms with Crippen molar-refractivity contribution in [3.05, 3.63) is 46.1 Å². The largest absolute Gasteiger partial charge is 0.338 e. The highest BCUT2D eigenvalue weighted by molar-refractivity contribution is 6.30. The summed E-state index contributed by atoms with van der Waals surface area (Å²) in [7, 11) is 0. The minimum atomic E-state index is 0.463. The monoisotopic (exact) mass is 310 g/mol. The SMILES string of the molecule is N#Cc1nnc(Nc2cccc(Cl)c2)c2c1C1CCC2CC1. The van der Waals surface area contributed by atoms with Crippen LogP contribution in [0.1, 0.15) is 54.3 Å². The quantitative estimate of drug-likeness (QED) is 0.887. The van der Waals surface area contributed by atoms with E-state index in [-0.39, 0.29) is 0 Å². The molecule has 0 atom stereocenters. The Balaban J connectivity index is 1.82. The summed E-state index contributed by atoms with van der Waals surface area (Å²) in [6.45, 7) is 0. The van der Waals surface area contributed by atoms with Crippen LogP contribution in [0.2, 0.25) is 5.02 Å². The number of fused-ring (bicyclic) bond motifs is 2. The summed E-state index contributed by atoms with van der Waals surface area (Å²) in [4.78, 5) is 0. The van der Waals surface area contributed by atoms with Crippen LogP contribution in [0.15, 0.2) is 24.3 Å². The third-order valence-electron chi connectivity index (χ3n) is 4.79. The first-order valence-electron chi connectivity index (χ1n) is 7.59. The average Bonchev–Trinajstić information content (AvgIpc) is 2.56. The van der Waals surface area contributed by atoms with Gasteiger partial charge < -0.3 is 5.32 Å². The van der Waals surface area contributed by atoms with E-state index < -0.39 is 0 Å². The Labute approximate surface area is 134 Å². The molecule has 0 spiro atoms. The first kappa shape index (κ1) is 13.5. The first-order chi connectivity index (χ1) is 10.8. The van der Waals surface area contributed by atoms with Crippen LogP contribution in [-0.2, 0) is 0 Å². The molecule has 0 saturated heterocycles. The molecule has 1 N–H and O–H groups in total. The molecule has 2 aromatic rings. The fourth-order valence-corrected chi connectivity index (χ4v) is 4.03. The van der Waals surface area contributed by atoms with E-state index in [1.54, 1.807) is 0 Å². The molecule has 3 aliphatic carbocycles. The van der Waals surface area contributed by atoms with Crippen molar-refractivity contribution in [3.63, 3.8) is 0 Å². The lowest BCUT2D eigenvalue weighted by atomic mass is 9.67. The minimum absolute atomic E-state index is 0.463. The minimum Gasteiger partial charge on any atom is -0.338 e. The Hall–Kier alpha value is -2.12. The lowest BCUT2D eigenvalue weighted by Gasteiger charge is -2.38. The lowest BCUT2D eigenvalue weighted by molar-refractivity contribution is 0.356. The number of rotatable bonds is 2. The summed E-state index contributed by atoms with van der Waals surface area (Å²) in [5.41, 5.74) is 3.73. The van der Waals surface area contributed by atoms with Gasteiger partial charge in [-0.05, 0) is 55.7 Å². The molecule has 3 aliphatic rings. The Morgan fingerprint density at radius 1 is 1.09 bits per heavy atom. The molecule has 0 radical (unpaired) electrons. The lowest BCUT2D eigenvalue weighted by Crippen LogP contribution is -2.25. The van der Waals surface area contributed by atoms with Gasteiger partial charge in [0.2, 0.25) is 0 Å². The Morgan fingerprint density at radius 3 is 2.50 bits per heavy atom. The van der Waals surface area contributed by atoms with Gasteiger partial charge in [-0.3, -0.25) is 0 Å². The van der Waals surface area contributed by atoms with Gasteiger partial charge in [0.25, 0.3) is 0 Å². The molecule has 0 aliphatic heterocycles. The zero-order chi connectivity index (χ0) is 15.1. The van der Waals surface area contributed by atoms with E-state index in [0.29, 0.717) is 22.6 Å². The average molecular weight is 311 g/mol. The zero-order valence-electron chi connectivity index (χ0n) is 12.0. The van der Waals surface area contributed by atoms with Crippen molar-refractivity contribution in [1.29, 1.82) is 5.26 Å². The van der Waals surface area contributed by atoms with E-state index >= 15 is 0 Å². The molecule has 22 heavy (non-hydrogen) atoms. The van der Waals surface area contributed by atoms with Gasteiger partial charge in [0.15, 0.2) is 11.5 Å². The fraction of sp³-hybridized carbons (Fsp3) is 0.353. The number of nitriles is 1. The maximum absolute atomic E-state index is 9.35. The number of anilines is 2. The fourth-order valence-electron chi connectivity index (χ4n) is 3.84. The number of benzene rings is 1. The summed E-state index contributed by atoms with van der Waals surface area (Å²) < 4.78 is 0. The summed E-state index contributed by atoms with van der Waals surface area (Å²) in [5, 5.41) is 21.8. The normalized spacial score (nSPS) is 22.0. The second-order valence-corrected chi connectivity index (χ2v) is 6.46. The number of hydrogen-bond donors (Lipinski definition) is 1. The van der Waals surface area contributed by atoms with Crippen LogP contribution < -0.4 is 5.32 Å². The van der Waals surface area contributed by atoms with Crippen molar-refractivity contribution in [2.45, 2.75) is 37.5 Å². The highest BCUT2D eigenvalue weighted by Crippen LogP contribution is 2.52. The number of nitrogens with zero attached hydrogens (tertiary/aromatic N) is 3.